The van der Waals surface area contributed by atoms with Crippen LogP contribution in [0.25, 0.3) is 0 Å². The van der Waals surface area contributed by atoms with Crippen molar-refractivity contribution in [1.29, 1.82) is 0 Å². The van der Waals surface area contributed by atoms with Crippen LogP contribution in [0.2, 0.25) is 0 Å². The lowest BCUT2D eigenvalue weighted by Crippen LogP contribution is -2.48. The van der Waals surface area contributed by atoms with Gasteiger partial charge in [0, 0.05) is 12.1 Å². The van der Waals surface area contributed by atoms with Crippen molar-refractivity contribution in [3.8, 4) is 0 Å². The SMILES string of the molecule is CC[C@@H](CO)NC1CC(C(C)C)C1. The van der Waals surface area contributed by atoms with Gasteiger partial charge in [-0.2, -0.15) is 0 Å². The molecule has 0 heterocycles. The highest BCUT2D eigenvalue weighted by molar-refractivity contribution is 4.88. The van der Waals surface area contributed by atoms with Gasteiger partial charge in [0.1, 0.15) is 0 Å². The molecule has 1 saturated carbocycles. The van der Waals surface area contributed by atoms with Gasteiger partial charge in [-0.05, 0) is 31.1 Å². The van der Waals surface area contributed by atoms with Crippen LogP contribution in [0.4, 0.5) is 0 Å². The Labute approximate surface area is 81.7 Å². The smallest absolute Gasteiger partial charge is 0.0584 e. The molecule has 2 nitrogen and oxygen atoms in total. The molecular weight excluding hydrogens is 162 g/mol. The Morgan fingerprint density at radius 2 is 2.00 bits per heavy atom. The van der Waals surface area contributed by atoms with Crippen molar-refractivity contribution in [2.75, 3.05) is 6.61 Å². The van der Waals surface area contributed by atoms with Crippen molar-refractivity contribution in [2.45, 2.75) is 52.1 Å². The monoisotopic (exact) mass is 185 g/mol. The molecule has 1 aliphatic rings. The minimum absolute atomic E-state index is 0.277. The zero-order valence-corrected chi connectivity index (χ0v) is 9.09. The van der Waals surface area contributed by atoms with Crippen LogP contribution < -0.4 is 5.32 Å². The summed E-state index contributed by atoms with van der Waals surface area (Å²) in [4.78, 5) is 0. The summed E-state index contributed by atoms with van der Waals surface area (Å²) in [6.45, 7) is 6.99. The van der Waals surface area contributed by atoms with E-state index >= 15 is 0 Å². The van der Waals surface area contributed by atoms with E-state index < -0.39 is 0 Å². The fourth-order valence-corrected chi connectivity index (χ4v) is 1.98. The van der Waals surface area contributed by atoms with E-state index in [4.69, 9.17) is 5.11 Å². The van der Waals surface area contributed by atoms with E-state index in [0.29, 0.717) is 12.1 Å². The van der Waals surface area contributed by atoms with Crippen LogP contribution in [0.1, 0.15) is 40.0 Å². The molecule has 0 spiro atoms. The molecule has 1 aliphatic carbocycles. The maximum Gasteiger partial charge on any atom is 0.0584 e. The van der Waals surface area contributed by atoms with Gasteiger partial charge in [0.25, 0.3) is 0 Å². The van der Waals surface area contributed by atoms with Gasteiger partial charge >= 0.3 is 0 Å². The van der Waals surface area contributed by atoms with E-state index in [0.717, 1.165) is 18.3 Å². The van der Waals surface area contributed by atoms with Crippen LogP contribution >= 0.6 is 0 Å². The summed E-state index contributed by atoms with van der Waals surface area (Å²) in [7, 11) is 0. The van der Waals surface area contributed by atoms with Crippen molar-refractivity contribution in [3.05, 3.63) is 0 Å². The van der Waals surface area contributed by atoms with Gasteiger partial charge < -0.3 is 10.4 Å². The summed E-state index contributed by atoms with van der Waals surface area (Å²) in [5.41, 5.74) is 0. The number of nitrogens with one attached hydrogen (secondary N) is 1. The topological polar surface area (TPSA) is 32.3 Å². The maximum absolute atomic E-state index is 9.01. The highest BCUT2D eigenvalue weighted by atomic mass is 16.3. The van der Waals surface area contributed by atoms with E-state index in [2.05, 4.69) is 26.1 Å². The summed E-state index contributed by atoms with van der Waals surface area (Å²) >= 11 is 0. The van der Waals surface area contributed by atoms with Gasteiger partial charge in [-0.1, -0.05) is 20.8 Å². The molecule has 1 fully saturated rings. The highest BCUT2D eigenvalue weighted by Gasteiger charge is 2.31. The minimum Gasteiger partial charge on any atom is -0.395 e. The molecule has 0 unspecified atom stereocenters. The van der Waals surface area contributed by atoms with Crippen molar-refractivity contribution in [1.82, 2.24) is 5.32 Å². The Kier molecular flexibility index (Phi) is 4.20. The summed E-state index contributed by atoms with van der Waals surface area (Å²) in [5, 5.41) is 12.5. The largest absolute Gasteiger partial charge is 0.395 e. The summed E-state index contributed by atoms with van der Waals surface area (Å²) in [5.74, 6) is 1.74. The first-order chi connectivity index (χ1) is 6.17. The Morgan fingerprint density at radius 1 is 1.38 bits per heavy atom. The van der Waals surface area contributed by atoms with E-state index in [1.165, 1.54) is 12.8 Å². The highest BCUT2D eigenvalue weighted by Crippen LogP contribution is 2.33. The first kappa shape index (κ1) is 11.0. The molecule has 0 amide bonds. The third-order valence-electron chi connectivity index (χ3n) is 3.30. The summed E-state index contributed by atoms with van der Waals surface area (Å²) in [6.07, 6.45) is 3.63. The predicted octanol–water partition coefficient (Wildman–Crippen LogP) is 1.78. The average molecular weight is 185 g/mol. The second kappa shape index (κ2) is 4.97. The van der Waals surface area contributed by atoms with Gasteiger partial charge in [-0.25, -0.2) is 0 Å². The average Bonchev–Trinajstić information content (AvgIpc) is 2.02. The maximum atomic E-state index is 9.01. The molecule has 2 N–H and O–H groups in total. The van der Waals surface area contributed by atoms with E-state index in [9.17, 15) is 0 Å². The fraction of sp³-hybridized carbons (Fsp3) is 1.00. The molecule has 0 aliphatic heterocycles. The second-order valence-electron chi connectivity index (χ2n) is 4.63. The van der Waals surface area contributed by atoms with Crippen molar-refractivity contribution in [3.63, 3.8) is 0 Å². The normalized spacial score (nSPS) is 30.2. The van der Waals surface area contributed by atoms with Gasteiger partial charge in [-0.15, -0.1) is 0 Å². The first-order valence-corrected chi connectivity index (χ1v) is 5.54. The molecule has 1 atom stereocenters. The molecule has 78 valence electrons. The molecule has 0 aromatic carbocycles. The van der Waals surface area contributed by atoms with Crippen LogP contribution in [0.15, 0.2) is 0 Å². The number of rotatable bonds is 5. The molecule has 0 bridgehead atoms. The first-order valence-electron chi connectivity index (χ1n) is 5.54. The van der Waals surface area contributed by atoms with Crippen LogP contribution in [0.3, 0.4) is 0 Å². The lowest BCUT2D eigenvalue weighted by Gasteiger charge is -2.40. The second-order valence-corrected chi connectivity index (χ2v) is 4.63. The Balaban J connectivity index is 2.13. The van der Waals surface area contributed by atoms with E-state index in [-0.39, 0.29) is 6.61 Å². The summed E-state index contributed by atoms with van der Waals surface area (Å²) in [6, 6.07) is 0.989. The third kappa shape index (κ3) is 2.96. The zero-order valence-electron chi connectivity index (χ0n) is 9.09. The minimum atomic E-state index is 0.277. The molecule has 0 radical (unpaired) electrons. The lowest BCUT2D eigenvalue weighted by molar-refractivity contribution is 0.136. The predicted molar refractivity (Wildman–Crippen MR) is 55.7 cm³/mol. The molecule has 2 heteroatoms. The fourth-order valence-electron chi connectivity index (χ4n) is 1.98. The van der Waals surface area contributed by atoms with E-state index in [1.807, 2.05) is 0 Å². The Hall–Kier alpha value is -0.0800. The van der Waals surface area contributed by atoms with Gasteiger partial charge in [-0.3, -0.25) is 0 Å². The van der Waals surface area contributed by atoms with Crippen LogP contribution in [-0.4, -0.2) is 23.8 Å². The molecule has 0 aromatic heterocycles. The summed E-state index contributed by atoms with van der Waals surface area (Å²) < 4.78 is 0. The van der Waals surface area contributed by atoms with Gasteiger partial charge in [0.15, 0.2) is 0 Å². The molecule has 13 heavy (non-hydrogen) atoms. The van der Waals surface area contributed by atoms with Crippen molar-refractivity contribution >= 4 is 0 Å². The quantitative estimate of drug-likeness (QED) is 0.684. The third-order valence-corrected chi connectivity index (χ3v) is 3.30. The number of aliphatic hydroxyl groups excluding tert-OH is 1. The van der Waals surface area contributed by atoms with Crippen molar-refractivity contribution in [2.24, 2.45) is 11.8 Å². The lowest BCUT2D eigenvalue weighted by atomic mass is 9.73. The molecule has 0 saturated heterocycles. The van der Waals surface area contributed by atoms with Crippen LogP contribution in [0, 0.1) is 11.8 Å². The molecule has 0 aromatic rings. The number of hydrogen-bond acceptors (Lipinski definition) is 2. The standard InChI is InChI=1S/C11H23NO/c1-4-10(7-13)12-11-5-9(6-11)8(2)3/h8-13H,4-7H2,1-3H3/t9?,10-,11?/m0/s1. The van der Waals surface area contributed by atoms with Gasteiger partial charge in [0.2, 0.25) is 0 Å². The van der Waals surface area contributed by atoms with Crippen LogP contribution in [-0.2, 0) is 0 Å². The Bertz CT molecular complexity index is 137. The molecule has 1 rings (SSSR count). The van der Waals surface area contributed by atoms with Crippen LogP contribution in [0.5, 0.6) is 0 Å². The molecular formula is C11H23NO. The van der Waals surface area contributed by atoms with Gasteiger partial charge in [0.05, 0.1) is 6.61 Å². The number of hydrogen-bond donors (Lipinski definition) is 2. The van der Waals surface area contributed by atoms with E-state index in [1.54, 1.807) is 0 Å². The Morgan fingerprint density at radius 3 is 2.38 bits per heavy atom. The number of aliphatic hydroxyl groups is 1. The zero-order chi connectivity index (χ0) is 9.84. The van der Waals surface area contributed by atoms with Crippen molar-refractivity contribution < 1.29 is 5.11 Å².